The van der Waals surface area contributed by atoms with Crippen molar-refractivity contribution < 1.29 is 24.2 Å². The van der Waals surface area contributed by atoms with E-state index >= 15 is 0 Å². The highest BCUT2D eigenvalue weighted by Crippen LogP contribution is 2.70. The summed E-state index contributed by atoms with van der Waals surface area (Å²) >= 11 is 0. The van der Waals surface area contributed by atoms with Crippen LogP contribution in [0.5, 0.6) is 0 Å². The number of aliphatic hydroxyl groups is 1. The van der Waals surface area contributed by atoms with Crippen molar-refractivity contribution in [2.45, 2.75) is 69.9 Å². The van der Waals surface area contributed by atoms with Crippen LogP contribution in [0.1, 0.15) is 46.5 Å². The summed E-state index contributed by atoms with van der Waals surface area (Å²) in [5, 5.41) is 11.6. The molecule has 134 valence electrons. The molecular formula is C20H24O5. The molecule has 4 fully saturated rings. The Morgan fingerprint density at radius 1 is 1.28 bits per heavy atom. The molecule has 25 heavy (non-hydrogen) atoms. The summed E-state index contributed by atoms with van der Waals surface area (Å²) in [6, 6.07) is 0. The van der Waals surface area contributed by atoms with Crippen molar-refractivity contribution in [3.63, 3.8) is 0 Å². The predicted molar refractivity (Wildman–Crippen MR) is 88.5 cm³/mol. The van der Waals surface area contributed by atoms with Crippen molar-refractivity contribution >= 4 is 11.8 Å². The van der Waals surface area contributed by atoms with Crippen LogP contribution in [0.25, 0.3) is 0 Å². The Morgan fingerprint density at radius 2 is 2.00 bits per heavy atom. The predicted octanol–water partition coefficient (Wildman–Crippen LogP) is 2.08. The lowest BCUT2D eigenvalue weighted by Gasteiger charge is -2.59. The van der Waals surface area contributed by atoms with Gasteiger partial charge < -0.3 is 14.6 Å². The highest BCUT2D eigenvalue weighted by Gasteiger charge is 2.79. The second-order valence-corrected chi connectivity index (χ2v) is 8.83. The Kier molecular flexibility index (Phi) is 2.69. The van der Waals surface area contributed by atoms with Gasteiger partial charge in [0, 0.05) is 23.5 Å². The molecular weight excluding hydrogens is 320 g/mol. The van der Waals surface area contributed by atoms with Crippen LogP contribution in [0.4, 0.5) is 0 Å². The van der Waals surface area contributed by atoms with E-state index in [1.165, 1.54) is 0 Å². The molecule has 0 aromatic rings. The van der Waals surface area contributed by atoms with Gasteiger partial charge in [0.2, 0.25) is 0 Å². The SMILES string of the molecule is C=C1[C@@H](C)CC(=O)[C@@]2(C)[C@@H]3C[C@H]4OC(=O)C(C)=C4[C@H]4O[C@]43CC[C@]12O. The molecule has 3 saturated carbocycles. The number of epoxide rings is 1. The maximum Gasteiger partial charge on any atom is 0.334 e. The second-order valence-electron chi connectivity index (χ2n) is 8.83. The van der Waals surface area contributed by atoms with Gasteiger partial charge >= 0.3 is 5.97 Å². The van der Waals surface area contributed by atoms with Crippen LogP contribution in [0.15, 0.2) is 23.3 Å². The first-order valence-electron chi connectivity index (χ1n) is 9.21. The molecule has 5 nitrogen and oxygen atoms in total. The summed E-state index contributed by atoms with van der Waals surface area (Å²) in [5.74, 6) is -0.367. The first-order chi connectivity index (χ1) is 11.7. The molecule has 5 heteroatoms. The van der Waals surface area contributed by atoms with E-state index in [-0.39, 0.29) is 35.8 Å². The average Bonchev–Trinajstić information content (AvgIpc) is 3.22. The van der Waals surface area contributed by atoms with Crippen LogP contribution in [0, 0.1) is 17.3 Å². The average molecular weight is 344 g/mol. The fraction of sp³-hybridized carbons (Fsp3) is 0.700. The summed E-state index contributed by atoms with van der Waals surface area (Å²) in [7, 11) is 0. The van der Waals surface area contributed by atoms with Crippen molar-refractivity contribution in [3.05, 3.63) is 23.3 Å². The van der Waals surface area contributed by atoms with Gasteiger partial charge in [-0.15, -0.1) is 0 Å². The molecule has 1 N–H and O–H groups in total. The summed E-state index contributed by atoms with van der Waals surface area (Å²) < 4.78 is 11.7. The maximum atomic E-state index is 13.2. The molecule has 1 saturated heterocycles. The van der Waals surface area contributed by atoms with Crippen LogP contribution < -0.4 is 0 Å². The third-order valence-electron chi connectivity index (χ3n) is 8.01. The summed E-state index contributed by atoms with van der Waals surface area (Å²) in [4.78, 5) is 25.2. The van der Waals surface area contributed by atoms with Gasteiger partial charge in [0.15, 0.2) is 0 Å². The van der Waals surface area contributed by atoms with E-state index < -0.39 is 16.6 Å². The van der Waals surface area contributed by atoms with Crippen molar-refractivity contribution in [2.75, 3.05) is 0 Å². The number of rotatable bonds is 0. The minimum atomic E-state index is -1.20. The van der Waals surface area contributed by atoms with Gasteiger partial charge in [0.25, 0.3) is 0 Å². The number of hydrogen-bond donors (Lipinski definition) is 1. The molecule has 5 rings (SSSR count). The Balaban J connectivity index is 1.63. The molecule has 0 bridgehead atoms. The fourth-order valence-electron chi connectivity index (χ4n) is 6.32. The van der Waals surface area contributed by atoms with Crippen LogP contribution in [-0.4, -0.2) is 40.3 Å². The lowest BCUT2D eigenvalue weighted by Crippen LogP contribution is -2.68. The zero-order valence-electron chi connectivity index (χ0n) is 14.9. The topological polar surface area (TPSA) is 76.1 Å². The Hall–Kier alpha value is -1.46. The van der Waals surface area contributed by atoms with Gasteiger partial charge in [-0.2, -0.15) is 0 Å². The Labute approximate surface area is 147 Å². The van der Waals surface area contributed by atoms with Crippen LogP contribution in [0.3, 0.4) is 0 Å². The van der Waals surface area contributed by atoms with Crippen molar-refractivity contribution in [2.24, 2.45) is 17.3 Å². The molecule has 0 amide bonds. The van der Waals surface area contributed by atoms with Gasteiger partial charge in [0.1, 0.15) is 23.6 Å². The minimum absolute atomic E-state index is 0.0128. The smallest absolute Gasteiger partial charge is 0.334 e. The number of hydrogen-bond acceptors (Lipinski definition) is 5. The summed E-state index contributed by atoms with van der Waals surface area (Å²) in [6.45, 7) is 9.80. The second kappa shape index (κ2) is 4.26. The largest absolute Gasteiger partial charge is 0.454 e. The monoisotopic (exact) mass is 344 g/mol. The van der Waals surface area contributed by atoms with E-state index in [1.54, 1.807) is 6.92 Å². The van der Waals surface area contributed by atoms with Crippen LogP contribution in [0.2, 0.25) is 0 Å². The maximum absolute atomic E-state index is 13.2. The third-order valence-corrected chi connectivity index (χ3v) is 8.01. The van der Waals surface area contributed by atoms with Crippen LogP contribution >= 0.6 is 0 Å². The highest BCUT2D eigenvalue weighted by molar-refractivity contribution is 5.93. The van der Waals surface area contributed by atoms with Crippen molar-refractivity contribution in [1.82, 2.24) is 0 Å². The molecule has 3 aliphatic carbocycles. The molecule has 0 radical (unpaired) electrons. The third kappa shape index (κ3) is 1.50. The normalized spacial score (nSPS) is 53.7. The van der Waals surface area contributed by atoms with E-state index in [1.807, 2.05) is 13.8 Å². The standard InChI is InChI=1S/C20H24O5/c1-9-7-14(21)18(4)13-8-12-15(10(2)17(22)24-12)16-19(13,25-16)5-6-20(18,23)11(9)3/h9,12-13,16,23H,3,5-8H2,1-2,4H3/t9-,12+,13-,16+,18+,19-,20-/m0/s1. The number of esters is 1. The van der Waals surface area contributed by atoms with E-state index in [2.05, 4.69) is 6.58 Å². The zero-order chi connectivity index (χ0) is 17.9. The van der Waals surface area contributed by atoms with Gasteiger partial charge in [-0.1, -0.05) is 13.5 Å². The number of ether oxygens (including phenoxy) is 2. The highest BCUT2D eigenvalue weighted by atomic mass is 16.6. The Morgan fingerprint density at radius 3 is 2.72 bits per heavy atom. The number of carbonyl (C=O) groups excluding carboxylic acids is 2. The number of fused-ring (bicyclic) bond motifs is 4. The number of ketones is 1. The van der Waals surface area contributed by atoms with Gasteiger partial charge in [-0.3, -0.25) is 4.79 Å². The summed E-state index contributed by atoms with van der Waals surface area (Å²) in [5.41, 5.74) is -0.179. The molecule has 0 aromatic carbocycles. The molecule has 1 spiro atoms. The van der Waals surface area contributed by atoms with Crippen LogP contribution in [-0.2, 0) is 19.1 Å². The number of carbonyl (C=O) groups is 2. The number of Topliss-reactive ketones (excluding diaryl/α,β-unsaturated/α-hetero) is 1. The Bertz CT molecular complexity index is 781. The van der Waals surface area contributed by atoms with E-state index in [9.17, 15) is 14.7 Å². The molecule has 7 atom stereocenters. The fourth-order valence-corrected chi connectivity index (χ4v) is 6.32. The van der Waals surface area contributed by atoms with E-state index in [0.717, 1.165) is 11.1 Å². The van der Waals surface area contributed by atoms with Gasteiger partial charge in [-0.25, -0.2) is 4.79 Å². The first kappa shape index (κ1) is 15.8. The zero-order valence-corrected chi connectivity index (χ0v) is 14.9. The van der Waals surface area contributed by atoms with Gasteiger partial charge in [0.05, 0.1) is 11.0 Å². The first-order valence-corrected chi connectivity index (χ1v) is 9.21. The quantitative estimate of drug-likeness (QED) is 0.414. The summed E-state index contributed by atoms with van der Waals surface area (Å²) in [6.07, 6.45) is 1.65. The van der Waals surface area contributed by atoms with Gasteiger partial charge in [-0.05, 0) is 44.6 Å². The van der Waals surface area contributed by atoms with Crippen molar-refractivity contribution in [3.8, 4) is 0 Å². The van der Waals surface area contributed by atoms with E-state index in [4.69, 9.17) is 9.47 Å². The lowest BCUT2D eigenvalue weighted by molar-refractivity contribution is -0.180. The van der Waals surface area contributed by atoms with E-state index in [0.29, 0.717) is 31.3 Å². The molecule has 0 unspecified atom stereocenters. The molecule has 2 aliphatic heterocycles. The lowest BCUT2D eigenvalue weighted by atomic mass is 9.44. The molecule has 0 aromatic heterocycles. The minimum Gasteiger partial charge on any atom is -0.454 e. The van der Waals surface area contributed by atoms with Crippen molar-refractivity contribution in [1.29, 1.82) is 0 Å². The molecule has 2 heterocycles. The molecule has 5 aliphatic rings.